The molecule has 0 amide bonds. The maximum absolute atomic E-state index is 4.31. The smallest absolute Gasteiger partial charge is 0.121 e. The molecule has 0 saturated carbocycles. The third-order valence-electron chi connectivity index (χ3n) is 3.28. The number of imidazole rings is 1. The van der Waals surface area contributed by atoms with E-state index in [1.807, 2.05) is 13.1 Å². The highest BCUT2D eigenvalue weighted by Crippen LogP contribution is 2.13. The van der Waals surface area contributed by atoms with Crippen molar-refractivity contribution in [3.8, 4) is 0 Å². The number of hydrogen-bond acceptors (Lipinski definition) is 1. The molecule has 0 radical (unpaired) electrons. The minimum Gasteiger partial charge on any atom is -0.331 e. The maximum atomic E-state index is 4.31. The summed E-state index contributed by atoms with van der Waals surface area (Å²) in [6.07, 6.45) is 1.98. The van der Waals surface area contributed by atoms with E-state index in [1.54, 1.807) is 0 Å². The zero-order valence-corrected chi connectivity index (χ0v) is 10.2. The first-order valence-corrected chi connectivity index (χ1v) is 5.14. The lowest BCUT2D eigenvalue weighted by atomic mass is 10.2. The third-order valence-corrected chi connectivity index (χ3v) is 3.28. The first-order chi connectivity index (χ1) is 6.34. The van der Waals surface area contributed by atoms with Crippen LogP contribution in [0.3, 0.4) is 0 Å². The summed E-state index contributed by atoms with van der Waals surface area (Å²) in [5.74, 6) is 1.09. The Kier molecular flexibility index (Phi) is 3.00. The van der Waals surface area contributed by atoms with Gasteiger partial charge in [-0.15, -0.1) is 0 Å². The predicted octanol–water partition coefficient (Wildman–Crippen LogP) is 1.71. The van der Waals surface area contributed by atoms with Gasteiger partial charge in [0.25, 0.3) is 0 Å². The molecule has 14 heavy (non-hydrogen) atoms. The van der Waals surface area contributed by atoms with Crippen LogP contribution in [-0.4, -0.2) is 34.2 Å². The lowest BCUT2D eigenvalue weighted by molar-refractivity contribution is -0.924. The number of aryl methyl sites for hydroxylation is 1. The Morgan fingerprint density at radius 3 is 2.36 bits per heavy atom. The highest BCUT2D eigenvalue weighted by atomic mass is 15.3. The Balaban J connectivity index is 2.84. The van der Waals surface area contributed by atoms with Gasteiger partial charge in [0.2, 0.25) is 0 Å². The van der Waals surface area contributed by atoms with E-state index in [4.69, 9.17) is 0 Å². The highest BCUT2D eigenvalue weighted by molar-refractivity contribution is 5.01. The van der Waals surface area contributed by atoms with Crippen molar-refractivity contribution in [2.24, 2.45) is 7.05 Å². The number of quaternary nitrogens is 1. The van der Waals surface area contributed by atoms with Crippen LogP contribution in [0.4, 0.5) is 0 Å². The molecule has 1 heterocycles. The van der Waals surface area contributed by atoms with Crippen LogP contribution in [0.2, 0.25) is 0 Å². The predicted molar refractivity (Wildman–Crippen MR) is 58.9 cm³/mol. The van der Waals surface area contributed by atoms with Gasteiger partial charge in [-0.1, -0.05) is 0 Å². The molecule has 0 atom stereocenters. The van der Waals surface area contributed by atoms with E-state index in [1.165, 1.54) is 5.69 Å². The third kappa shape index (κ3) is 2.15. The summed E-state index contributed by atoms with van der Waals surface area (Å²) >= 11 is 0. The fourth-order valence-corrected chi connectivity index (χ4v) is 1.30. The minimum absolute atomic E-state index is 0.630. The Bertz CT molecular complexity index is 310. The maximum Gasteiger partial charge on any atom is 0.121 e. The molecular formula is C11H22N3+. The second-order valence-corrected chi connectivity index (χ2v) is 4.89. The van der Waals surface area contributed by atoms with Gasteiger partial charge in [0.15, 0.2) is 0 Å². The van der Waals surface area contributed by atoms with Crippen molar-refractivity contribution >= 4 is 0 Å². The van der Waals surface area contributed by atoms with Crippen molar-refractivity contribution in [2.45, 2.75) is 33.4 Å². The van der Waals surface area contributed by atoms with Crippen LogP contribution in [0, 0.1) is 6.92 Å². The Morgan fingerprint density at radius 1 is 1.43 bits per heavy atom. The molecule has 0 fully saturated rings. The molecule has 0 aromatic carbocycles. The van der Waals surface area contributed by atoms with Gasteiger partial charge in [0, 0.05) is 7.05 Å². The fraction of sp³-hybridized carbons (Fsp3) is 0.727. The Morgan fingerprint density at radius 2 is 2.00 bits per heavy atom. The molecule has 1 aromatic rings. The van der Waals surface area contributed by atoms with E-state index in [-0.39, 0.29) is 0 Å². The molecule has 3 nitrogen and oxygen atoms in total. The van der Waals surface area contributed by atoms with Crippen molar-refractivity contribution in [3.05, 3.63) is 17.7 Å². The first kappa shape index (κ1) is 11.2. The van der Waals surface area contributed by atoms with Crippen LogP contribution in [0.15, 0.2) is 6.20 Å². The first-order valence-electron chi connectivity index (χ1n) is 5.14. The molecule has 0 saturated heterocycles. The van der Waals surface area contributed by atoms with Crippen LogP contribution >= 0.6 is 0 Å². The van der Waals surface area contributed by atoms with Gasteiger partial charge in [0.05, 0.1) is 32.0 Å². The summed E-state index contributed by atoms with van der Waals surface area (Å²) in [5.41, 5.74) is 1.31. The van der Waals surface area contributed by atoms with Crippen LogP contribution in [0.25, 0.3) is 0 Å². The molecule has 0 unspecified atom stereocenters. The van der Waals surface area contributed by atoms with Crippen molar-refractivity contribution in [3.63, 3.8) is 0 Å². The van der Waals surface area contributed by atoms with E-state index in [0.29, 0.717) is 6.04 Å². The normalized spacial score (nSPS) is 12.5. The van der Waals surface area contributed by atoms with E-state index >= 15 is 0 Å². The molecule has 0 N–H and O–H groups in total. The molecule has 3 heteroatoms. The van der Waals surface area contributed by atoms with Crippen LogP contribution < -0.4 is 0 Å². The van der Waals surface area contributed by atoms with Crippen molar-refractivity contribution < 1.29 is 4.48 Å². The molecule has 0 aliphatic heterocycles. The number of rotatable bonds is 3. The van der Waals surface area contributed by atoms with Gasteiger partial charge in [-0.25, -0.2) is 4.98 Å². The van der Waals surface area contributed by atoms with E-state index in [0.717, 1.165) is 16.9 Å². The average molecular weight is 196 g/mol. The molecule has 1 aromatic heterocycles. The Hall–Kier alpha value is -0.830. The number of hydrogen-bond donors (Lipinski definition) is 0. The van der Waals surface area contributed by atoms with Gasteiger partial charge in [-0.05, 0) is 20.8 Å². The van der Waals surface area contributed by atoms with Crippen LogP contribution in [-0.2, 0) is 13.6 Å². The average Bonchev–Trinajstić information content (AvgIpc) is 2.35. The quantitative estimate of drug-likeness (QED) is 0.673. The van der Waals surface area contributed by atoms with Crippen LogP contribution in [0.5, 0.6) is 0 Å². The van der Waals surface area contributed by atoms with E-state index < -0.39 is 0 Å². The summed E-state index contributed by atoms with van der Waals surface area (Å²) in [4.78, 5) is 4.31. The second kappa shape index (κ2) is 3.73. The topological polar surface area (TPSA) is 17.8 Å². The monoisotopic (exact) mass is 196 g/mol. The van der Waals surface area contributed by atoms with E-state index in [2.05, 4.69) is 44.5 Å². The van der Waals surface area contributed by atoms with Gasteiger partial charge in [-0.3, -0.25) is 0 Å². The van der Waals surface area contributed by atoms with Crippen molar-refractivity contribution in [1.82, 2.24) is 9.55 Å². The molecular weight excluding hydrogens is 174 g/mol. The lowest BCUT2D eigenvalue weighted by Gasteiger charge is -2.34. The summed E-state index contributed by atoms with van der Waals surface area (Å²) in [7, 11) is 6.60. The number of aromatic nitrogens is 2. The summed E-state index contributed by atoms with van der Waals surface area (Å²) in [6, 6.07) is 0.630. The summed E-state index contributed by atoms with van der Waals surface area (Å²) in [5, 5.41) is 0. The van der Waals surface area contributed by atoms with Crippen molar-refractivity contribution in [1.29, 1.82) is 0 Å². The minimum atomic E-state index is 0.630. The highest BCUT2D eigenvalue weighted by Gasteiger charge is 2.21. The number of nitrogens with zero attached hydrogens (tertiary/aromatic N) is 3. The van der Waals surface area contributed by atoms with E-state index in [9.17, 15) is 0 Å². The second-order valence-electron chi connectivity index (χ2n) is 4.89. The lowest BCUT2D eigenvalue weighted by Crippen LogP contribution is -2.45. The zero-order valence-electron chi connectivity index (χ0n) is 10.2. The molecule has 0 aliphatic rings. The van der Waals surface area contributed by atoms with Gasteiger partial charge < -0.3 is 9.05 Å². The zero-order chi connectivity index (χ0) is 10.9. The molecule has 1 rings (SSSR count). The van der Waals surface area contributed by atoms with Crippen LogP contribution in [0.1, 0.15) is 25.4 Å². The van der Waals surface area contributed by atoms with Crippen molar-refractivity contribution in [2.75, 3.05) is 14.1 Å². The Labute approximate surface area is 87.0 Å². The molecule has 0 aliphatic carbocycles. The SMILES string of the molecule is Cc1ncc(C[N+](C)(C)C(C)C)n1C. The molecule has 0 spiro atoms. The largest absolute Gasteiger partial charge is 0.331 e. The summed E-state index contributed by atoms with van der Waals surface area (Å²) < 4.78 is 3.17. The van der Waals surface area contributed by atoms with Gasteiger partial charge >= 0.3 is 0 Å². The van der Waals surface area contributed by atoms with Gasteiger partial charge in [0.1, 0.15) is 12.4 Å². The molecule has 80 valence electrons. The molecule has 0 bridgehead atoms. The standard InChI is InChI=1S/C11H22N3/c1-9(2)14(5,6)8-11-7-12-10(3)13(11)4/h7,9H,8H2,1-6H3/q+1. The fourth-order valence-electron chi connectivity index (χ4n) is 1.30. The summed E-state index contributed by atoms with van der Waals surface area (Å²) in [6.45, 7) is 7.58. The van der Waals surface area contributed by atoms with Gasteiger partial charge in [-0.2, -0.15) is 0 Å².